The van der Waals surface area contributed by atoms with Crippen LogP contribution in [-0.4, -0.2) is 11.1 Å². The number of carbonyl (C=O) groups is 1. The van der Waals surface area contributed by atoms with Gasteiger partial charge in [0.2, 0.25) is 0 Å². The minimum Gasteiger partial charge on any atom is -0.481 e. The van der Waals surface area contributed by atoms with E-state index in [1.807, 2.05) is 41.5 Å². The van der Waals surface area contributed by atoms with Crippen molar-refractivity contribution in [2.45, 2.75) is 73.6 Å². The van der Waals surface area contributed by atoms with Crippen LogP contribution in [0.25, 0.3) is 0 Å². The summed E-state index contributed by atoms with van der Waals surface area (Å²) < 4.78 is 0. The normalized spacial score (nSPS) is 13.5. The predicted octanol–water partition coefficient (Wildman–Crippen LogP) is 4.73. The summed E-state index contributed by atoms with van der Waals surface area (Å²) in [5.74, 6) is -0.149. The highest BCUT2D eigenvalue weighted by Crippen LogP contribution is 2.27. The second-order valence-corrected chi connectivity index (χ2v) is 2.75. The van der Waals surface area contributed by atoms with Gasteiger partial charge in [-0.15, -0.1) is 0 Å². The Labute approximate surface area is 96.1 Å². The summed E-state index contributed by atoms with van der Waals surface area (Å²) in [5, 5.41) is 8.37. The van der Waals surface area contributed by atoms with Crippen LogP contribution in [0.3, 0.4) is 0 Å². The van der Waals surface area contributed by atoms with Crippen LogP contribution in [0, 0.1) is 5.92 Å². The molecular formula is C13H30O2. The first-order valence-corrected chi connectivity index (χ1v) is 6.51. The van der Waals surface area contributed by atoms with Crippen LogP contribution < -0.4 is 0 Å². The standard InChI is InChI=1S/C7H12O2.3C2H6/c8-7(9)5-6-3-1-2-4-6;3*1-2/h6H,1-5H2,(H,8,9);3*1-2H3. The minimum absolute atomic E-state index is 0.389. The quantitative estimate of drug-likeness (QED) is 0.727. The monoisotopic (exact) mass is 218 g/mol. The average Bonchev–Trinajstić information content (AvgIpc) is 2.78. The van der Waals surface area contributed by atoms with Crippen molar-refractivity contribution in [3.05, 3.63) is 0 Å². The molecule has 1 saturated carbocycles. The second kappa shape index (κ2) is 19.1. The molecule has 0 bridgehead atoms. The van der Waals surface area contributed by atoms with Gasteiger partial charge in [0.15, 0.2) is 0 Å². The lowest BCUT2D eigenvalue weighted by Crippen LogP contribution is -2.02. The molecule has 0 atom stereocenters. The molecule has 0 aliphatic heterocycles. The van der Waals surface area contributed by atoms with Gasteiger partial charge in [-0.05, 0) is 18.8 Å². The molecule has 0 aromatic heterocycles. The molecule has 1 aliphatic carbocycles. The van der Waals surface area contributed by atoms with Gasteiger partial charge >= 0.3 is 5.97 Å². The van der Waals surface area contributed by atoms with Gasteiger partial charge in [-0.25, -0.2) is 0 Å². The van der Waals surface area contributed by atoms with Crippen LogP contribution in [0.1, 0.15) is 73.6 Å². The zero-order chi connectivity index (χ0) is 12.7. The Morgan fingerprint density at radius 1 is 1.00 bits per heavy atom. The van der Waals surface area contributed by atoms with Gasteiger partial charge in [0.05, 0.1) is 0 Å². The number of rotatable bonds is 2. The molecule has 1 fully saturated rings. The van der Waals surface area contributed by atoms with E-state index in [1.165, 1.54) is 12.8 Å². The molecule has 1 rings (SSSR count). The van der Waals surface area contributed by atoms with Gasteiger partial charge in [-0.2, -0.15) is 0 Å². The Morgan fingerprint density at radius 3 is 1.60 bits per heavy atom. The first-order valence-electron chi connectivity index (χ1n) is 6.51. The fraction of sp³-hybridized carbons (Fsp3) is 0.923. The van der Waals surface area contributed by atoms with E-state index < -0.39 is 5.97 Å². The number of hydrogen-bond acceptors (Lipinski definition) is 1. The molecule has 15 heavy (non-hydrogen) atoms. The van der Waals surface area contributed by atoms with E-state index in [-0.39, 0.29) is 0 Å². The summed E-state index contributed by atoms with van der Waals surface area (Å²) in [5.41, 5.74) is 0. The van der Waals surface area contributed by atoms with E-state index in [1.54, 1.807) is 0 Å². The van der Waals surface area contributed by atoms with Crippen LogP contribution in [0.4, 0.5) is 0 Å². The van der Waals surface area contributed by atoms with Crippen molar-refractivity contribution in [2.75, 3.05) is 0 Å². The third kappa shape index (κ3) is 16.2. The number of hydrogen-bond donors (Lipinski definition) is 1. The van der Waals surface area contributed by atoms with Crippen LogP contribution >= 0.6 is 0 Å². The molecule has 0 amide bonds. The van der Waals surface area contributed by atoms with Crippen molar-refractivity contribution >= 4 is 5.97 Å². The lowest BCUT2D eigenvalue weighted by atomic mass is 10.1. The molecular weight excluding hydrogens is 188 g/mol. The van der Waals surface area contributed by atoms with Crippen LogP contribution in [0.15, 0.2) is 0 Å². The highest BCUT2D eigenvalue weighted by atomic mass is 16.4. The number of carboxylic acids is 1. The predicted molar refractivity (Wildman–Crippen MR) is 68.3 cm³/mol. The lowest BCUT2D eigenvalue weighted by molar-refractivity contribution is -0.138. The molecule has 2 heteroatoms. The van der Waals surface area contributed by atoms with Crippen LogP contribution in [0.2, 0.25) is 0 Å². The molecule has 0 spiro atoms. The summed E-state index contributed by atoms with van der Waals surface area (Å²) >= 11 is 0. The van der Waals surface area contributed by atoms with E-state index in [4.69, 9.17) is 5.11 Å². The molecule has 1 aliphatic rings. The van der Waals surface area contributed by atoms with Crippen molar-refractivity contribution in [3.63, 3.8) is 0 Å². The molecule has 1 N–H and O–H groups in total. The smallest absolute Gasteiger partial charge is 0.303 e. The Kier molecular flexibility index (Phi) is 25.4. The molecule has 94 valence electrons. The van der Waals surface area contributed by atoms with E-state index in [2.05, 4.69) is 0 Å². The minimum atomic E-state index is -0.637. The summed E-state index contributed by atoms with van der Waals surface area (Å²) in [6.45, 7) is 12.0. The zero-order valence-electron chi connectivity index (χ0n) is 11.5. The largest absolute Gasteiger partial charge is 0.481 e. The lowest BCUT2D eigenvalue weighted by Gasteiger charge is -2.01. The highest BCUT2D eigenvalue weighted by molar-refractivity contribution is 5.67. The SMILES string of the molecule is CC.CC.CC.O=C(O)CC1CCCC1. The van der Waals surface area contributed by atoms with Gasteiger partial charge in [0.1, 0.15) is 0 Å². The first kappa shape index (κ1) is 20.0. The van der Waals surface area contributed by atoms with Gasteiger partial charge in [0, 0.05) is 6.42 Å². The maximum atomic E-state index is 10.2. The first-order chi connectivity index (χ1) is 7.29. The molecule has 0 unspecified atom stereocenters. The molecule has 0 saturated heterocycles. The fourth-order valence-electron chi connectivity index (χ4n) is 1.46. The maximum absolute atomic E-state index is 10.2. The van der Waals surface area contributed by atoms with Gasteiger partial charge in [0.25, 0.3) is 0 Å². The van der Waals surface area contributed by atoms with Crippen molar-refractivity contribution in [1.82, 2.24) is 0 Å². The average molecular weight is 218 g/mol. The maximum Gasteiger partial charge on any atom is 0.303 e. The molecule has 0 radical (unpaired) electrons. The molecule has 2 nitrogen and oxygen atoms in total. The van der Waals surface area contributed by atoms with Crippen molar-refractivity contribution in [2.24, 2.45) is 5.92 Å². The molecule has 0 aromatic rings. The van der Waals surface area contributed by atoms with E-state index in [0.717, 1.165) is 12.8 Å². The van der Waals surface area contributed by atoms with E-state index in [9.17, 15) is 4.79 Å². The summed E-state index contributed by atoms with van der Waals surface area (Å²) in [4.78, 5) is 10.2. The van der Waals surface area contributed by atoms with Crippen LogP contribution in [-0.2, 0) is 4.79 Å². The Hall–Kier alpha value is -0.530. The Balaban J connectivity index is -0.000000208. The van der Waals surface area contributed by atoms with Crippen molar-refractivity contribution in [1.29, 1.82) is 0 Å². The topological polar surface area (TPSA) is 37.3 Å². The highest BCUT2D eigenvalue weighted by Gasteiger charge is 2.17. The number of aliphatic carboxylic acids is 1. The third-order valence-corrected chi connectivity index (χ3v) is 1.94. The Bertz CT molecular complexity index is 105. The fourth-order valence-corrected chi connectivity index (χ4v) is 1.46. The number of carboxylic acid groups (broad SMARTS) is 1. The van der Waals surface area contributed by atoms with Gasteiger partial charge < -0.3 is 5.11 Å². The summed E-state index contributed by atoms with van der Waals surface area (Å²) in [6, 6.07) is 0. The van der Waals surface area contributed by atoms with Crippen molar-refractivity contribution in [3.8, 4) is 0 Å². The Morgan fingerprint density at radius 2 is 1.33 bits per heavy atom. The zero-order valence-corrected chi connectivity index (χ0v) is 11.5. The second-order valence-electron chi connectivity index (χ2n) is 2.75. The van der Waals surface area contributed by atoms with E-state index >= 15 is 0 Å². The third-order valence-electron chi connectivity index (χ3n) is 1.94. The van der Waals surface area contributed by atoms with Gasteiger partial charge in [-0.1, -0.05) is 54.4 Å². The summed E-state index contributed by atoms with van der Waals surface area (Å²) in [6.07, 6.45) is 5.12. The van der Waals surface area contributed by atoms with Crippen LogP contribution in [0.5, 0.6) is 0 Å². The molecule has 0 heterocycles. The van der Waals surface area contributed by atoms with Gasteiger partial charge in [-0.3, -0.25) is 4.79 Å². The summed E-state index contributed by atoms with van der Waals surface area (Å²) in [7, 11) is 0. The molecule has 0 aromatic carbocycles. The van der Waals surface area contributed by atoms with Crippen molar-refractivity contribution < 1.29 is 9.90 Å². The van der Waals surface area contributed by atoms with E-state index in [0.29, 0.717) is 12.3 Å².